The first kappa shape index (κ1) is 33.2. The Labute approximate surface area is 293 Å². The lowest BCUT2D eigenvalue weighted by Gasteiger charge is -2.30. The number of nitrogens with one attached hydrogen (secondary N) is 3. The Morgan fingerprint density at radius 2 is 1.14 bits per heavy atom. The first-order valence-electron chi connectivity index (χ1n) is 17.7. The normalized spacial score (nSPS) is 18.3. The highest BCUT2D eigenvalue weighted by Crippen LogP contribution is 2.35. The van der Waals surface area contributed by atoms with Crippen molar-refractivity contribution in [1.82, 2.24) is 39.7 Å². The Balaban J connectivity index is 1.01. The third-order valence-electron chi connectivity index (χ3n) is 9.90. The summed E-state index contributed by atoms with van der Waals surface area (Å²) < 4.78 is 0. The van der Waals surface area contributed by atoms with Gasteiger partial charge in [0.15, 0.2) is 0 Å². The number of benzene rings is 2. The van der Waals surface area contributed by atoms with Crippen LogP contribution in [0.4, 0.5) is 5.95 Å². The molecular formula is C39H45N9O2. The molecule has 50 heavy (non-hydrogen) atoms. The number of anilines is 1. The van der Waals surface area contributed by atoms with Gasteiger partial charge < -0.3 is 25.1 Å². The fourth-order valence-corrected chi connectivity index (χ4v) is 7.16. The van der Waals surface area contributed by atoms with E-state index < -0.39 is 6.04 Å². The third kappa shape index (κ3) is 6.77. The average Bonchev–Trinajstić information content (AvgIpc) is 3.97. The molecule has 2 aliphatic rings. The maximum Gasteiger partial charge on any atom is 0.246 e. The van der Waals surface area contributed by atoms with Crippen LogP contribution in [0.1, 0.15) is 77.1 Å². The summed E-state index contributed by atoms with van der Waals surface area (Å²) in [6, 6.07) is 18.1. The lowest BCUT2D eigenvalue weighted by molar-refractivity contribution is -0.135. The molecule has 7 rings (SSSR count). The highest BCUT2D eigenvalue weighted by Gasteiger charge is 2.37. The van der Waals surface area contributed by atoms with Crippen LogP contribution in [-0.2, 0) is 9.59 Å². The molecule has 2 aromatic carbocycles. The second-order valence-corrected chi connectivity index (χ2v) is 14.0. The zero-order valence-corrected chi connectivity index (χ0v) is 29.1. The van der Waals surface area contributed by atoms with Gasteiger partial charge in [-0.3, -0.25) is 9.59 Å². The van der Waals surface area contributed by atoms with Gasteiger partial charge in [0.2, 0.25) is 17.8 Å². The van der Waals surface area contributed by atoms with Gasteiger partial charge in [0.1, 0.15) is 17.7 Å². The Morgan fingerprint density at radius 1 is 0.680 bits per heavy atom. The van der Waals surface area contributed by atoms with Gasteiger partial charge in [-0.15, -0.1) is 0 Å². The summed E-state index contributed by atoms with van der Waals surface area (Å²) >= 11 is 0. The number of aromatic amines is 2. The molecule has 2 saturated heterocycles. The van der Waals surface area contributed by atoms with Crippen LogP contribution in [0.15, 0.2) is 79.4 Å². The van der Waals surface area contributed by atoms with Crippen LogP contribution in [-0.4, -0.2) is 70.6 Å². The Kier molecular flexibility index (Phi) is 9.47. The summed E-state index contributed by atoms with van der Waals surface area (Å²) in [6.07, 6.45) is 10.8. The molecule has 3 aromatic heterocycles. The number of likely N-dealkylation sites (tertiary alicyclic amines) is 2. The molecule has 3 N–H and O–H groups in total. The number of amides is 2. The fourth-order valence-electron chi connectivity index (χ4n) is 7.16. The fraction of sp³-hybridized carbons (Fsp3) is 0.385. The second kappa shape index (κ2) is 14.3. The van der Waals surface area contributed by atoms with E-state index in [2.05, 4.69) is 78.8 Å². The van der Waals surface area contributed by atoms with Gasteiger partial charge in [0, 0.05) is 31.4 Å². The van der Waals surface area contributed by atoms with E-state index in [1.54, 1.807) is 18.5 Å². The number of carbonyl (C=O) groups is 2. The molecule has 2 fully saturated rings. The van der Waals surface area contributed by atoms with Crippen molar-refractivity contribution in [3.63, 3.8) is 0 Å². The molecule has 0 aliphatic carbocycles. The Hall–Kier alpha value is -5.32. The van der Waals surface area contributed by atoms with Gasteiger partial charge in [-0.1, -0.05) is 76.2 Å². The summed E-state index contributed by atoms with van der Waals surface area (Å²) in [4.78, 5) is 55.4. The van der Waals surface area contributed by atoms with Gasteiger partial charge in [-0.25, -0.2) is 19.9 Å². The molecule has 5 heterocycles. The number of H-pyrrole nitrogens is 2. The summed E-state index contributed by atoms with van der Waals surface area (Å²) in [7, 11) is 0. The van der Waals surface area contributed by atoms with Crippen LogP contribution in [0.2, 0.25) is 0 Å². The summed E-state index contributed by atoms with van der Waals surface area (Å²) in [5.41, 5.74) is 6.18. The van der Waals surface area contributed by atoms with E-state index in [4.69, 9.17) is 4.98 Å². The maximum atomic E-state index is 13.8. The van der Waals surface area contributed by atoms with Crippen molar-refractivity contribution in [3.8, 4) is 33.6 Å². The molecule has 2 aliphatic heterocycles. The molecule has 0 spiro atoms. The number of carbonyl (C=O) groups excluding carboxylic acids is 2. The lowest BCUT2D eigenvalue weighted by Crippen LogP contribution is -2.45. The minimum Gasteiger partial charge on any atom is -0.342 e. The molecular weight excluding hydrogens is 626 g/mol. The molecule has 11 nitrogen and oxygen atoms in total. The topological polar surface area (TPSA) is 136 Å². The van der Waals surface area contributed by atoms with Gasteiger partial charge >= 0.3 is 0 Å². The van der Waals surface area contributed by atoms with Crippen LogP contribution >= 0.6 is 0 Å². The van der Waals surface area contributed by atoms with Crippen molar-refractivity contribution >= 4 is 17.8 Å². The van der Waals surface area contributed by atoms with Crippen molar-refractivity contribution in [2.24, 2.45) is 11.8 Å². The minimum atomic E-state index is -0.435. The molecule has 3 atom stereocenters. The Morgan fingerprint density at radius 3 is 1.60 bits per heavy atom. The summed E-state index contributed by atoms with van der Waals surface area (Å²) in [6.45, 7) is 9.44. The first-order chi connectivity index (χ1) is 24.3. The van der Waals surface area contributed by atoms with Gasteiger partial charge in [0.25, 0.3) is 0 Å². The largest absolute Gasteiger partial charge is 0.342 e. The van der Waals surface area contributed by atoms with Crippen LogP contribution in [0.5, 0.6) is 0 Å². The molecule has 2 amide bonds. The van der Waals surface area contributed by atoms with E-state index in [-0.39, 0.29) is 35.7 Å². The highest BCUT2D eigenvalue weighted by atomic mass is 16.2. The van der Waals surface area contributed by atoms with Crippen LogP contribution < -0.4 is 5.32 Å². The third-order valence-corrected chi connectivity index (χ3v) is 9.90. The lowest BCUT2D eigenvalue weighted by atomic mass is 10.0. The second-order valence-electron chi connectivity index (χ2n) is 14.0. The van der Waals surface area contributed by atoms with E-state index in [1.165, 1.54) is 0 Å². The van der Waals surface area contributed by atoms with Crippen molar-refractivity contribution in [2.45, 2.75) is 71.5 Å². The zero-order chi connectivity index (χ0) is 34.8. The quantitative estimate of drug-likeness (QED) is 0.145. The molecule has 0 saturated carbocycles. The highest BCUT2D eigenvalue weighted by molar-refractivity contribution is 5.85. The molecule has 258 valence electrons. The van der Waals surface area contributed by atoms with E-state index in [1.807, 2.05) is 49.9 Å². The zero-order valence-electron chi connectivity index (χ0n) is 29.1. The molecule has 0 bridgehead atoms. The van der Waals surface area contributed by atoms with Crippen LogP contribution in [0.25, 0.3) is 33.6 Å². The van der Waals surface area contributed by atoms with Gasteiger partial charge in [0.05, 0.1) is 35.9 Å². The van der Waals surface area contributed by atoms with Gasteiger partial charge in [-0.2, -0.15) is 0 Å². The van der Waals surface area contributed by atoms with Crippen molar-refractivity contribution in [3.05, 3.63) is 91.0 Å². The predicted octanol–water partition coefficient (Wildman–Crippen LogP) is 7.04. The number of nitrogens with zero attached hydrogens (tertiary/aromatic N) is 6. The number of aromatic nitrogens is 6. The first-order valence-corrected chi connectivity index (χ1v) is 17.7. The van der Waals surface area contributed by atoms with Crippen molar-refractivity contribution in [1.29, 1.82) is 0 Å². The van der Waals surface area contributed by atoms with E-state index >= 15 is 0 Å². The summed E-state index contributed by atoms with van der Waals surface area (Å²) in [5.74, 6) is 2.37. The smallest absolute Gasteiger partial charge is 0.246 e. The van der Waals surface area contributed by atoms with Crippen LogP contribution in [0, 0.1) is 11.8 Å². The van der Waals surface area contributed by atoms with E-state index in [0.29, 0.717) is 12.5 Å². The van der Waals surface area contributed by atoms with E-state index in [9.17, 15) is 9.59 Å². The molecule has 11 heteroatoms. The number of imidazole rings is 2. The van der Waals surface area contributed by atoms with Crippen molar-refractivity contribution in [2.75, 3.05) is 18.4 Å². The number of rotatable bonds is 10. The van der Waals surface area contributed by atoms with Crippen LogP contribution in [0.3, 0.4) is 0 Å². The monoisotopic (exact) mass is 671 g/mol. The predicted molar refractivity (Wildman–Crippen MR) is 194 cm³/mol. The molecule has 5 aromatic rings. The minimum absolute atomic E-state index is 0.0111. The van der Waals surface area contributed by atoms with Crippen molar-refractivity contribution < 1.29 is 9.59 Å². The standard InChI is InChI=1S/C39H45N9O2/c1-24(2)34(46-39-40-18-7-19-41-39)38(50)48-21-6-9-33(48)36-43-23-31(45-36)29-16-12-27(13-17-29)26-10-14-28(15-11-26)30-22-42-35(44-30)32-8-5-20-47(32)37(49)25(3)4/h7,10-19,22-25,32-34H,5-6,8-9,20-21H2,1-4H3,(H,42,44)(H,43,45)(H,40,41,46)/t32-,33-,34-/m0/s1. The SMILES string of the molecule is CC(C)C(=O)N1CCC[C@H]1c1ncc(-c2ccc(-c3ccc(-c4cnc([C@@H]5CCCN5C(=O)[C@@H](Nc5ncccn5)C(C)C)[nH]4)cc3)cc2)[nH]1. The molecule has 0 unspecified atom stereocenters. The van der Waals surface area contributed by atoms with E-state index in [0.717, 1.165) is 77.5 Å². The van der Waals surface area contributed by atoms with Gasteiger partial charge in [-0.05, 0) is 59.9 Å². The number of hydrogen-bond acceptors (Lipinski definition) is 7. The number of hydrogen-bond donors (Lipinski definition) is 3. The summed E-state index contributed by atoms with van der Waals surface area (Å²) in [5, 5.41) is 3.25. The maximum absolute atomic E-state index is 13.8. The molecule has 0 radical (unpaired) electrons. The Bertz CT molecular complexity index is 1910. The average molecular weight is 672 g/mol.